The SMILES string of the molecule is O=C(O)C=Cc1nc(NCc2ccc3c(c2)OCO3)c2cc(Cl)ccc2n1. The van der Waals surface area contributed by atoms with E-state index in [4.69, 9.17) is 26.2 Å². The van der Waals surface area contributed by atoms with Gasteiger partial charge in [-0.25, -0.2) is 14.8 Å². The molecule has 0 bridgehead atoms. The van der Waals surface area contributed by atoms with Crippen molar-refractivity contribution >= 4 is 40.4 Å². The number of carbonyl (C=O) groups is 1. The minimum absolute atomic E-state index is 0.223. The molecule has 1 aromatic heterocycles. The Bertz CT molecular complexity index is 1070. The molecule has 27 heavy (non-hydrogen) atoms. The molecule has 136 valence electrons. The molecule has 8 heteroatoms. The topological polar surface area (TPSA) is 93.6 Å². The maximum Gasteiger partial charge on any atom is 0.328 e. The molecule has 4 rings (SSSR count). The van der Waals surface area contributed by atoms with Crippen LogP contribution in [0, 0.1) is 0 Å². The molecule has 0 aliphatic carbocycles. The fraction of sp³-hybridized carbons (Fsp3) is 0.105. The van der Waals surface area contributed by atoms with Gasteiger partial charge < -0.3 is 19.9 Å². The van der Waals surface area contributed by atoms with Gasteiger partial charge in [-0.1, -0.05) is 17.7 Å². The van der Waals surface area contributed by atoms with Crippen LogP contribution in [0.3, 0.4) is 0 Å². The number of fused-ring (bicyclic) bond motifs is 2. The number of aromatic nitrogens is 2. The summed E-state index contributed by atoms with van der Waals surface area (Å²) in [5, 5.41) is 13.4. The fourth-order valence-corrected chi connectivity index (χ4v) is 2.88. The highest BCUT2D eigenvalue weighted by Gasteiger charge is 2.13. The lowest BCUT2D eigenvalue weighted by Crippen LogP contribution is -2.04. The average molecular weight is 384 g/mol. The predicted molar refractivity (Wildman–Crippen MR) is 101 cm³/mol. The Morgan fingerprint density at radius 3 is 2.89 bits per heavy atom. The van der Waals surface area contributed by atoms with Gasteiger partial charge in [0.1, 0.15) is 5.82 Å². The van der Waals surface area contributed by atoms with Crippen LogP contribution >= 0.6 is 11.6 Å². The largest absolute Gasteiger partial charge is 0.478 e. The second-order valence-electron chi connectivity index (χ2n) is 5.80. The van der Waals surface area contributed by atoms with Gasteiger partial charge in [0.15, 0.2) is 17.3 Å². The number of ether oxygens (including phenoxy) is 2. The summed E-state index contributed by atoms with van der Waals surface area (Å²) >= 11 is 6.11. The number of aliphatic carboxylic acids is 1. The number of carboxylic acid groups (broad SMARTS) is 1. The zero-order chi connectivity index (χ0) is 18.8. The number of anilines is 1. The summed E-state index contributed by atoms with van der Waals surface area (Å²) in [6.07, 6.45) is 2.35. The summed E-state index contributed by atoms with van der Waals surface area (Å²) in [6.45, 7) is 0.706. The van der Waals surface area contributed by atoms with E-state index in [0.717, 1.165) is 22.8 Å². The highest BCUT2D eigenvalue weighted by molar-refractivity contribution is 6.31. The molecule has 0 saturated carbocycles. The summed E-state index contributed by atoms with van der Waals surface area (Å²) in [7, 11) is 0. The number of carboxylic acids is 1. The predicted octanol–water partition coefficient (Wildman–Crippen LogP) is 3.72. The molecule has 0 spiro atoms. The molecule has 2 aromatic carbocycles. The molecule has 0 fully saturated rings. The van der Waals surface area contributed by atoms with Crippen molar-refractivity contribution < 1.29 is 19.4 Å². The summed E-state index contributed by atoms with van der Waals surface area (Å²) < 4.78 is 10.7. The molecule has 2 heterocycles. The van der Waals surface area contributed by atoms with E-state index >= 15 is 0 Å². The second-order valence-corrected chi connectivity index (χ2v) is 6.24. The van der Waals surface area contributed by atoms with E-state index in [-0.39, 0.29) is 6.79 Å². The highest BCUT2D eigenvalue weighted by atomic mass is 35.5. The minimum atomic E-state index is -1.07. The van der Waals surface area contributed by atoms with Crippen LogP contribution < -0.4 is 14.8 Å². The lowest BCUT2D eigenvalue weighted by Gasteiger charge is -2.10. The fourth-order valence-electron chi connectivity index (χ4n) is 2.71. The molecule has 7 nitrogen and oxygen atoms in total. The van der Waals surface area contributed by atoms with E-state index in [0.29, 0.717) is 34.5 Å². The summed E-state index contributed by atoms with van der Waals surface area (Å²) in [5.74, 6) is 1.21. The van der Waals surface area contributed by atoms with Crippen LogP contribution in [0.1, 0.15) is 11.4 Å². The molecule has 0 amide bonds. The maximum atomic E-state index is 10.8. The monoisotopic (exact) mass is 383 g/mol. The van der Waals surface area contributed by atoms with Crippen molar-refractivity contribution in [1.29, 1.82) is 0 Å². The van der Waals surface area contributed by atoms with Crippen molar-refractivity contribution in [3.63, 3.8) is 0 Å². The Labute approximate surface area is 159 Å². The van der Waals surface area contributed by atoms with Gasteiger partial charge in [-0.05, 0) is 42.0 Å². The minimum Gasteiger partial charge on any atom is -0.478 e. The molecule has 1 aliphatic heterocycles. The summed E-state index contributed by atoms with van der Waals surface area (Å²) in [6, 6.07) is 10.9. The summed E-state index contributed by atoms with van der Waals surface area (Å²) in [5.41, 5.74) is 1.64. The lowest BCUT2D eigenvalue weighted by atomic mass is 10.2. The third kappa shape index (κ3) is 3.78. The van der Waals surface area contributed by atoms with Crippen molar-refractivity contribution in [3.05, 3.63) is 58.9 Å². The van der Waals surface area contributed by atoms with Gasteiger partial charge in [-0.3, -0.25) is 0 Å². The molecule has 0 unspecified atom stereocenters. The van der Waals surface area contributed by atoms with Crippen molar-refractivity contribution in [2.75, 3.05) is 12.1 Å². The van der Waals surface area contributed by atoms with Crippen LogP contribution in [0.15, 0.2) is 42.5 Å². The highest BCUT2D eigenvalue weighted by Crippen LogP contribution is 2.33. The van der Waals surface area contributed by atoms with Crippen LogP contribution in [-0.2, 0) is 11.3 Å². The zero-order valence-electron chi connectivity index (χ0n) is 14.0. The Morgan fingerprint density at radius 2 is 2.04 bits per heavy atom. The molecular formula is C19H14ClN3O4. The van der Waals surface area contributed by atoms with Crippen LogP contribution in [0.2, 0.25) is 5.02 Å². The van der Waals surface area contributed by atoms with Crippen LogP contribution in [-0.4, -0.2) is 27.8 Å². The average Bonchev–Trinajstić information content (AvgIpc) is 3.12. The molecule has 1 aliphatic rings. The van der Waals surface area contributed by atoms with Gasteiger partial charge in [-0.2, -0.15) is 0 Å². The molecule has 0 radical (unpaired) electrons. The Balaban J connectivity index is 1.66. The van der Waals surface area contributed by atoms with E-state index in [1.807, 2.05) is 18.2 Å². The first-order valence-corrected chi connectivity index (χ1v) is 8.47. The normalized spacial score (nSPS) is 12.6. The third-order valence-corrected chi connectivity index (χ3v) is 4.18. The number of nitrogens with zero attached hydrogens (tertiary/aromatic N) is 2. The van der Waals surface area contributed by atoms with Crippen molar-refractivity contribution in [1.82, 2.24) is 9.97 Å². The Kier molecular flexibility index (Phi) is 4.52. The number of hydrogen-bond donors (Lipinski definition) is 2. The van der Waals surface area contributed by atoms with Gasteiger partial charge in [0, 0.05) is 23.0 Å². The maximum absolute atomic E-state index is 10.8. The quantitative estimate of drug-likeness (QED) is 0.648. The molecule has 3 aromatic rings. The van der Waals surface area contributed by atoms with Crippen LogP contribution in [0.5, 0.6) is 11.5 Å². The second kappa shape index (κ2) is 7.13. The van der Waals surface area contributed by atoms with E-state index < -0.39 is 5.97 Å². The zero-order valence-corrected chi connectivity index (χ0v) is 14.7. The van der Waals surface area contributed by atoms with Gasteiger partial charge in [-0.15, -0.1) is 0 Å². The number of hydrogen-bond acceptors (Lipinski definition) is 6. The molecule has 2 N–H and O–H groups in total. The molecular weight excluding hydrogens is 370 g/mol. The summed E-state index contributed by atoms with van der Waals surface area (Å²) in [4.78, 5) is 19.5. The first kappa shape index (κ1) is 17.1. The van der Waals surface area contributed by atoms with E-state index in [9.17, 15) is 4.79 Å². The van der Waals surface area contributed by atoms with Gasteiger partial charge in [0.05, 0.1) is 5.52 Å². The van der Waals surface area contributed by atoms with Crippen LogP contribution in [0.25, 0.3) is 17.0 Å². The van der Waals surface area contributed by atoms with Crippen molar-refractivity contribution in [3.8, 4) is 11.5 Å². The smallest absolute Gasteiger partial charge is 0.328 e. The van der Waals surface area contributed by atoms with Gasteiger partial charge in [0.25, 0.3) is 0 Å². The van der Waals surface area contributed by atoms with Crippen molar-refractivity contribution in [2.24, 2.45) is 0 Å². The standard InChI is InChI=1S/C19H14ClN3O4/c20-12-2-3-14-13(8-12)19(23-17(22-14)5-6-18(24)25)21-9-11-1-4-15-16(7-11)27-10-26-15/h1-8H,9-10H2,(H,24,25)(H,21,22,23). The van der Waals surface area contributed by atoms with Gasteiger partial charge >= 0.3 is 5.97 Å². The van der Waals surface area contributed by atoms with Crippen molar-refractivity contribution in [2.45, 2.75) is 6.54 Å². The first-order chi connectivity index (χ1) is 13.1. The molecule has 0 saturated heterocycles. The number of nitrogens with one attached hydrogen (secondary N) is 1. The third-order valence-electron chi connectivity index (χ3n) is 3.95. The number of halogens is 1. The van der Waals surface area contributed by atoms with E-state index in [1.165, 1.54) is 6.08 Å². The number of benzene rings is 2. The Morgan fingerprint density at radius 1 is 1.19 bits per heavy atom. The van der Waals surface area contributed by atoms with E-state index in [1.54, 1.807) is 18.2 Å². The van der Waals surface area contributed by atoms with Gasteiger partial charge in [0.2, 0.25) is 6.79 Å². The molecule has 0 atom stereocenters. The van der Waals surface area contributed by atoms with Crippen LogP contribution in [0.4, 0.5) is 5.82 Å². The lowest BCUT2D eigenvalue weighted by molar-refractivity contribution is -0.131. The first-order valence-electron chi connectivity index (χ1n) is 8.09. The number of rotatable bonds is 5. The van der Waals surface area contributed by atoms with E-state index in [2.05, 4.69) is 15.3 Å². The Hall–Kier alpha value is -3.32.